The summed E-state index contributed by atoms with van der Waals surface area (Å²) in [5.41, 5.74) is 2.13. The number of aryl methyl sites for hydroxylation is 1. The van der Waals surface area contributed by atoms with E-state index in [1.54, 1.807) is 40.4 Å². The Morgan fingerprint density at radius 1 is 1.10 bits per heavy atom. The second-order valence-electron chi connectivity index (χ2n) is 7.06. The minimum atomic E-state index is -0.368. The maximum Gasteiger partial charge on any atom is 0.273 e. The standard InChI is InChI=1S/C22H21FN4O4/c1-13-8-20(28)25-22-16-9-18(30-2)19(31-3)10-17(16)26(27(13)22)12-21(29)24-11-14-4-6-15(23)7-5-14/h4-10H,11-12H2,1-3H3,(H,24,29). The third-order valence-electron chi connectivity index (χ3n) is 5.04. The molecule has 0 saturated carbocycles. The smallest absolute Gasteiger partial charge is 0.273 e. The number of methoxy groups -OCH3 is 2. The van der Waals surface area contributed by atoms with Gasteiger partial charge in [0.05, 0.1) is 19.7 Å². The molecule has 0 atom stereocenters. The number of aromatic nitrogens is 3. The van der Waals surface area contributed by atoms with Crippen molar-refractivity contribution < 1.29 is 18.7 Å². The lowest BCUT2D eigenvalue weighted by Gasteiger charge is -2.12. The Kier molecular flexibility index (Phi) is 5.33. The van der Waals surface area contributed by atoms with Gasteiger partial charge >= 0.3 is 0 Å². The zero-order chi connectivity index (χ0) is 22.1. The second kappa shape index (κ2) is 8.10. The van der Waals surface area contributed by atoms with Gasteiger partial charge in [0.1, 0.15) is 12.4 Å². The van der Waals surface area contributed by atoms with E-state index in [1.165, 1.54) is 32.4 Å². The molecular weight excluding hydrogens is 403 g/mol. The molecule has 0 aliphatic rings. The first kappa shape index (κ1) is 20.4. The molecule has 2 aromatic heterocycles. The SMILES string of the molecule is COc1cc2c(cc1OC)n(CC(=O)NCc1ccc(F)cc1)n1c(C)cc(=O)nc21. The summed E-state index contributed by atoms with van der Waals surface area (Å²) in [6.07, 6.45) is 0. The molecule has 0 fully saturated rings. The van der Waals surface area contributed by atoms with E-state index >= 15 is 0 Å². The van der Waals surface area contributed by atoms with Crippen LogP contribution in [0.2, 0.25) is 0 Å². The Morgan fingerprint density at radius 2 is 1.77 bits per heavy atom. The van der Waals surface area contributed by atoms with Gasteiger partial charge in [-0.15, -0.1) is 0 Å². The van der Waals surface area contributed by atoms with Gasteiger partial charge in [0, 0.05) is 29.8 Å². The van der Waals surface area contributed by atoms with E-state index in [1.807, 2.05) is 0 Å². The summed E-state index contributed by atoms with van der Waals surface area (Å²) >= 11 is 0. The number of fused-ring (bicyclic) bond motifs is 3. The van der Waals surface area contributed by atoms with Crippen molar-refractivity contribution in [2.75, 3.05) is 14.2 Å². The van der Waals surface area contributed by atoms with Gasteiger partial charge in [0.15, 0.2) is 17.1 Å². The number of halogens is 1. The number of carbonyl (C=O) groups is 1. The summed E-state index contributed by atoms with van der Waals surface area (Å²) in [7, 11) is 3.05. The lowest BCUT2D eigenvalue weighted by atomic mass is 10.2. The van der Waals surface area contributed by atoms with Crippen LogP contribution in [0.4, 0.5) is 4.39 Å². The Balaban J connectivity index is 1.76. The van der Waals surface area contributed by atoms with E-state index in [2.05, 4.69) is 10.3 Å². The van der Waals surface area contributed by atoms with Crippen LogP contribution < -0.4 is 20.3 Å². The summed E-state index contributed by atoms with van der Waals surface area (Å²) in [4.78, 5) is 28.9. The van der Waals surface area contributed by atoms with Crippen LogP contribution in [0.5, 0.6) is 11.5 Å². The van der Waals surface area contributed by atoms with Gasteiger partial charge in [-0.1, -0.05) is 12.1 Å². The number of benzene rings is 2. The molecule has 0 saturated heterocycles. The first-order valence-electron chi connectivity index (χ1n) is 9.57. The zero-order valence-electron chi connectivity index (χ0n) is 17.3. The maximum atomic E-state index is 13.1. The minimum Gasteiger partial charge on any atom is -0.493 e. The zero-order valence-corrected chi connectivity index (χ0v) is 17.3. The molecule has 0 unspecified atom stereocenters. The van der Waals surface area contributed by atoms with Crippen molar-refractivity contribution in [1.29, 1.82) is 0 Å². The molecule has 4 rings (SSSR count). The van der Waals surface area contributed by atoms with Crippen LogP contribution in [-0.2, 0) is 17.9 Å². The fraction of sp³-hybridized carbons (Fsp3) is 0.227. The highest BCUT2D eigenvalue weighted by Gasteiger charge is 2.19. The largest absolute Gasteiger partial charge is 0.493 e. The number of hydrogen-bond acceptors (Lipinski definition) is 5. The molecular formula is C22H21FN4O4. The predicted octanol–water partition coefficient (Wildman–Crippen LogP) is 2.43. The van der Waals surface area contributed by atoms with Gasteiger partial charge in [0.2, 0.25) is 5.91 Å². The van der Waals surface area contributed by atoms with Crippen molar-refractivity contribution in [1.82, 2.24) is 19.5 Å². The highest BCUT2D eigenvalue weighted by molar-refractivity contribution is 5.96. The number of nitrogens with one attached hydrogen (secondary N) is 1. The van der Waals surface area contributed by atoms with Crippen molar-refractivity contribution >= 4 is 22.5 Å². The summed E-state index contributed by atoms with van der Waals surface area (Å²) in [6, 6.07) is 10.8. The van der Waals surface area contributed by atoms with E-state index in [0.29, 0.717) is 33.7 Å². The van der Waals surface area contributed by atoms with Crippen molar-refractivity contribution in [3.63, 3.8) is 0 Å². The second-order valence-corrected chi connectivity index (χ2v) is 7.06. The molecule has 31 heavy (non-hydrogen) atoms. The number of ether oxygens (including phenoxy) is 2. The van der Waals surface area contributed by atoms with Crippen LogP contribution in [0.1, 0.15) is 11.3 Å². The van der Waals surface area contributed by atoms with E-state index in [-0.39, 0.29) is 30.4 Å². The van der Waals surface area contributed by atoms with Gasteiger partial charge in [-0.25, -0.2) is 8.91 Å². The van der Waals surface area contributed by atoms with Gasteiger partial charge in [0.25, 0.3) is 5.56 Å². The van der Waals surface area contributed by atoms with Crippen LogP contribution >= 0.6 is 0 Å². The fourth-order valence-corrected chi connectivity index (χ4v) is 3.59. The fourth-order valence-electron chi connectivity index (χ4n) is 3.59. The molecule has 0 aliphatic heterocycles. The molecule has 0 radical (unpaired) electrons. The van der Waals surface area contributed by atoms with E-state index in [9.17, 15) is 14.0 Å². The van der Waals surface area contributed by atoms with Crippen LogP contribution in [0.3, 0.4) is 0 Å². The molecule has 1 N–H and O–H groups in total. The number of hydrogen-bond donors (Lipinski definition) is 1. The first-order valence-corrected chi connectivity index (χ1v) is 9.57. The maximum absolute atomic E-state index is 13.1. The Bertz CT molecular complexity index is 1340. The molecule has 0 bridgehead atoms. The van der Waals surface area contributed by atoms with Crippen molar-refractivity contribution in [2.24, 2.45) is 0 Å². The van der Waals surface area contributed by atoms with Crippen LogP contribution in [0, 0.1) is 12.7 Å². The Morgan fingerprint density at radius 3 is 2.45 bits per heavy atom. The number of rotatable bonds is 6. The molecule has 1 amide bonds. The summed E-state index contributed by atoms with van der Waals surface area (Å²) < 4.78 is 27.3. The van der Waals surface area contributed by atoms with E-state index in [4.69, 9.17) is 9.47 Å². The van der Waals surface area contributed by atoms with Crippen LogP contribution in [-0.4, -0.2) is 34.3 Å². The molecule has 8 nitrogen and oxygen atoms in total. The minimum absolute atomic E-state index is 0.0257. The molecule has 4 aromatic rings. The predicted molar refractivity (Wildman–Crippen MR) is 113 cm³/mol. The molecule has 0 aliphatic carbocycles. The van der Waals surface area contributed by atoms with E-state index in [0.717, 1.165) is 5.56 Å². The van der Waals surface area contributed by atoms with Gasteiger partial charge in [-0.2, -0.15) is 4.98 Å². The molecule has 2 heterocycles. The van der Waals surface area contributed by atoms with Crippen molar-refractivity contribution in [3.8, 4) is 11.5 Å². The number of amides is 1. The highest BCUT2D eigenvalue weighted by atomic mass is 19.1. The summed E-state index contributed by atoms with van der Waals surface area (Å²) in [6.45, 7) is 2.01. The molecule has 9 heteroatoms. The quantitative estimate of drug-likeness (QED) is 0.514. The first-order chi connectivity index (χ1) is 14.9. The topological polar surface area (TPSA) is 86.9 Å². The molecule has 0 spiro atoms. The normalized spacial score (nSPS) is 11.1. The van der Waals surface area contributed by atoms with Crippen LogP contribution in [0.15, 0.2) is 47.3 Å². The summed E-state index contributed by atoms with van der Waals surface area (Å²) in [5, 5.41) is 3.49. The lowest BCUT2D eigenvalue weighted by molar-refractivity contribution is -0.122. The Hall–Kier alpha value is -3.88. The van der Waals surface area contributed by atoms with Crippen LogP contribution in [0.25, 0.3) is 16.6 Å². The van der Waals surface area contributed by atoms with Gasteiger partial charge in [-0.3, -0.25) is 14.3 Å². The monoisotopic (exact) mass is 424 g/mol. The molecule has 2 aromatic carbocycles. The number of carbonyl (C=O) groups excluding carboxylic acids is 1. The van der Waals surface area contributed by atoms with Crippen molar-refractivity contribution in [3.05, 3.63) is 69.9 Å². The van der Waals surface area contributed by atoms with Gasteiger partial charge < -0.3 is 14.8 Å². The highest BCUT2D eigenvalue weighted by Crippen LogP contribution is 2.34. The average molecular weight is 424 g/mol. The summed E-state index contributed by atoms with van der Waals surface area (Å²) in [5.74, 6) is 0.399. The van der Waals surface area contributed by atoms with Gasteiger partial charge in [-0.05, 0) is 30.7 Å². The van der Waals surface area contributed by atoms with E-state index < -0.39 is 0 Å². The third kappa shape index (κ3) is 3.81. The molecule has 160 valence electrons. The average Bonchev–Trinajstić information content (AvgIpc) is 3.04. The number of nitrogens with zero attached hydrogens (tertiary/aromatic N) is 3. The third-order valence-corrected chi connectivity index (χ3v) is 5.04. The Labute approximate surface area is 176 Å². The lowest BCUT2D eigenvalue weighted by Crippen LogP contribution is -2.29. The van der Waals surface area contributed by atoms with Crippen molar-refractivity contribution in [2.45, 2.75) is 20.0 Å².